The summed E-state index contributed by atoms with van der Waals surface area (Å²) in [7, 11) is 0. The molecule has 0 atom stereocenters. The summed E-state index contributed by atoms with van der Waals surface area (Å²) >= 11 is 7.79. The minimum atomic E-state index is 0.199. The molecule has 4 heavy (non-hydrogen) atoms. The van der Waals surface area contributed by atoms with Gasteiger partial charge >= 0.3 is 0 Å². The summed E-state index contributed by atoms with van der Waals surface area (Å²) in [5.41, 5.74) is 1.87. The summed E-state index contributed by atoms with van der Waals surface area (Å²) in [5.74, 6) is 0. The van der Waals surface area contributed by atoms with Crippen molar-refractivity contribution in [3.8, 4) is 0 Å². The summed E-state index contributed by atoms with van der Waals surface area (Å²) in [6, 6.07) is 0. The van der Waals surface area contributed by atoms with Crippen molar-refractivity contribution in [3.05, 3.63) is 0 Å². The molecule has 0 aromatic rings. The van der Waals surface area contributed by atoms with E-state index in [1.54, 1.807) is 0 Å². The monoisotopic (exact) mass is 94.0 g/mol. The third-order valence-electron chi connectivity index (χ3n) is 0. The van der Waals surface area contributed by atoms with Gasteiger partial charge in [-0.3, -0.25) is 0 Å². The van der Waals surface area contributed by atoms with Crippen LogP contribution in [0.1, 0.15) is 0 Å². The molecule has 0 aliphatic heterocycles. The standard InChI is InChI=1S/CH3NS2/c2-1(3)4/h(H3,2,3,4)/i/hD. The van der Waals surface area contributed by atoms with Gasteiger partial charge in [-0.25, -0.2) is 0 Å². The molecule has 0 aromatic heterocycles. The van der Waals surface area contributed by atoms with Crippen molar-refractivity contribution in [3.63, 3.8) is 0 Å². The zero-order valence-corrected chi connectivity index (χ0v) is 3.57. The average molecular weight is 94.2 g/mol. The molecule has 0 fully saturated rings. The summed E-state index contributed by atoms with van der Waals surface area (Å²) in [4.78, 5) is 0. The van der Waals surface area contributed by atoms with E-state index in [1.807, 2.05) is 5.73 Å². The summed E-state index contributed by atoms with van der Waals surface area (Å²) in [6.07, 6.45) is 0. The van der Waals surface area contributed by atoms with Crippen molar-refractivity contribution in [1.82, 2.24) is 0 Å². The topological polar surface area (TPSA) is 26.0 Å². The minimum absolute atomic E-state index is 0.199. The van der Waals surface area contributed by atoms with Gasteiger partial charge in [0.2, 0.25) is 0 Å². The highest BCUT2D eigenvalue weighted by Crippen LogP contribution is 1.63. The molecule has 0 aromatic carbocycles. The van der Waals surface area contributed by atoms with E-state index >= 15 is 0 Å². The van der Waals surface area contributed by atoms with Crippen LogP contribution in [-0.4, -0.2) is 4.32 Å². The van der Waals surface area contributed by atoms with Gasteiger partial charge in [0, 0.05) is 0 Å². The van der Waals surface area contributed by atoms with Crippen LogP contribution in [0.2, 0.25) is 1.41 Å². The van der Waals surface area contributed by atoms with Crippen LogP contribution in [0.5, 0.6) is 0 Å². The van der Waals surface area contributed by atoms with Gasteiger partial charge in [0.05, 0.1) is 0 Å². The molecule has 2 N–H and O–H groups in total. The highest BCUT2D eigenvalue weighted by atomic mass is 32.1. The van der Waals surface area contributed by atoms with E-state index < -0.39 is 0 Å². The van der Waals surface area contributed by atoms with Crippen molar-refractivity contribution in [2.24, 2.45) is 5.73 Å². The Bertz CT molecular complexity index is 44.9. The van der Waals surface area contributed by atoms with E-state index in [4.69, 9.17) is 1.41 Å². The summed E-state index contributed by atoms with van der Waals surface area (Å²) in [5, 5.41) is 0. The second-order valence-corrected chi connectivity index (χ2v) is 1.46. The van der Waals surface area contributed by atoms with Crippen molar-refractivity contribution in [1.29, 1.82) is 0 Å². The maximum absolute atomic E-state index is 6.19. The normalized spacial score (nSPS) is 8.75. The zero-order valence-electron chi connectivity index (χ0n) is 2.86. The fourth-order valence-electron chi connectivity index (χ4n) is 0. The molecule has 0 amide bonds. The van der Waals surface area contributed by atoms with Gasteiger partial charge in [0.1, 0.15) is 4.32 Å². The maximum Gasteiger partial charge on any atom is 0.158 e. The smallest absolute Gasteiger partial charge is 0.158 e. The van der Waals surface area contributed by atoms with Crippen molar-refractivity contribution >= 4 is 29.2 Å². The zero-order chi connectivity index (χ0) is 4.28. The maximum atomic E-state index is 6.19. The number of hydrogen-bond donors (Lipinski definition) is 2. The summed E-state index contributed by atoms with van der Waals surface area (Å²) in [6.45, 7) is 0. The Labute approximate surface area is 37.1 Å². The van der Waals surface area contributed by atoms with E-state index in [0.29, 0.717) is 0 Å². The first kappa shape index (κ1) is 2.48. The van der Waals surface area contributed by atoms with E-state index in [0.717, 1.165) is 0 Å². The van der Waals surface area contributed by atoms with Gasteiger partial charge in [-0.2, -0.15) is 0 Å². The molecule has 0 aliphatic rings. The number of thiocarbonyl (C=S) groups is 1. The molecule has 0 bridgehead atoms. The van der Waals surface area contributed by atoms with Crippen LogP contribution in [0.25, 0.3) is 0 Å². The first-order chi connectivity index (χ1) is 2.27. The largest absolute Gasteiger partial charge is 0.385 e. The second kappa shape index (κ2) is 1.55. The molecule has 0 radical (unpaired) electrons. The third kappa shape index (κ3) is 59.8. The lowest BCUT2D eigenvalue weighted by molar-refractivity contribution is 1.91. The van der Waals surface area contributed by atoms with E-state index in [2.05, 4.69) is 24.8 Å². The molecular formula is CH3NS2. The number of hydrogen-bond acceptors (Lipinski definition) is 1. The first-order valence-corrected chi connectivity index (χ1v) is 1.53. The van der Waals surface area contributed by atoms with Crippen LogP contribution < -0.4 is 5.73 Å². The summed E-state index contributed by atoms with van der Waals surface area (Å²) < 4.78 is 6.39. The van der Waals surface area contributed by atoms with Gasteiger partial charge in [-0.15, -0.1) is 12.6 Å². The average Bonchev–Trinajstić information content (AvgIpc) is 1.38. The first-order valence-electron chi connectivity index (χ1n) is 1.18. The quantitative estimate of drug-likeness (QED) is 0.330. The number of rotatable bonds is 0. The van der Waals surface area contributed by atoms with Crippen molar-refractivity contribution in [2.75, 3.05) is 0 Å². The Hall–Kier alpha value is 0.240. The van der Waals surface area contributed by atoms with Crippen LogP contribution in [0.15, 0.2) is 0 Å². The minimum Gasteiger partial charge on any atom is -0.385 e. The Morgan fingerprint density at radius 2 is 2.75 bits per heavy atom. The molecule has 3 heteroatoms. The molecule has 0 saturated heterocycles. The van der Waals surface area contributed by atoms with E-state index in [-0.39, 0.29) is 4.32 Å². The third-order valence-corrected chi connectivity index (χ3v) is 0. The highest BCUT2D eigenvalue weighted by molar-refractivity contribution is 8.10. The molecule has 0 rings (SSSR count). The Morgan fingerprint density at radius 3 is 2.75 bits per heavy atom. The molecule has 24 valence electrons. The molecular weight excluding hydrogens is 90.2 g/mol. The fourth-order valence-corrected chi connectivity index (χ4v) is 0. The number of thiol groups is 1. The Balaban J connectivity index is 2.85. The molecule has 0 saturated carbocycles. The van der Waals surface area contributed by atoms with Gasteiger partial charge in [-0.1, -0.05) is 12.2 Å². The van der Waals surface area contributed by atoms with Crippen LogP contribution in [0.3, 0.4) is 0 Å². The Morgan fingerprint density at radius 1 is 2.50 bits per heavy atom. The van der Waals surface area contributed by atoms with E-state index in [1.165, 1.54) is 0 Å². The second-order valence-electron chi connectivity index (χ2n) is 0.305. The molecule has 0 aliphatic carbocycles. The predicted octanol–water partition coefficient (Wildman–Crippen LogP) is 0.160. The van der Waals surface area contributed by atoms with Crippen LogP contribution in [-0.2, 0) is 0 Å². The molecule has 0 unspecified atom stereocenters. The molecule has 0 spiro atoms. The van der Waals surface area contributed by atoms with Crippen molar-refractivity contribution in [2.45, 2.75) is 0 Å². The van der Waals surface area contributed by atoms with Crippen molar-refractivity contribution < 1.29 is 1.41 Å². The van der Waals surface area contributed by atoms with Gasteiger partial charge in [0.25, 0.3) is 0 Å². The number of nitrogens with two attached hydrogens (primary N) is 1. The lowest BCUT2D eigenvalue weighted by Gasteiger charge is -1.64. The SMILES string of the molecule is [2H]NC(=S)S. The fraction of sp³-hybridized carbons (Fsp3) is 0. The van der Waals surface area contributed by atoms with Crippen LogP contribution >= 0.6 is 24.8 Å². The predicted molar refractivity (Wildman–Crippen MR) is 25.8 cm³/mol. The van der Waals surface area contributed by atoms with Gasteiger partial charge in [-0.05, 0) is 0 Å². The van der Waals surface area contributed by atoms with Gasteiger partial charge in [0.15, 0.2) is 1.41 Å². The highest BCUT2D eigenvalue weighted by Gasteiger charge is 1.55. The van der Waals surface area contributed by atoms with Crippen LogP contribution in [0.4, 0.5) is 0 Å². The lowest BCUT2D eigenvalue weighted by Crippen LogP contribution is -1.94. The van der Waals surface area contributed by atoms with Crippen LogP contribution in [0, 0.1) is 0 Å². The lowest BCUT2D eigenvalue weighted by atomic mass is 11.5. The van der Waals surface area contributed by atoms with E-state index in [9.17, 15) is 0 Å². The molecule has 0 heterocycles. The Kier molecular flexibility index (Phi) is 0.959. The molecule has 1 nitrogen and oxygen atoms in total. The van der Waals surface area contributed by atoms with Gasteiger partial charge < -0.3 is 5.73 Å².